The van der Waals surface area contributed by atoms with E-state index in [1.165, 1.54) is 161 Å². The minimum absolute atomic E-state index is 0.0583. The number of likely N-dealkylation sites (N-methyl/N-ethyl adjacent to an activating group) is 1. The van der Waals surface area contributed by atoms with Gasteiger partial charge in [0, 0.05) is 6.42 Å². The number of allylic oxidation sites excluding steroid dienone is 3. The van der Waals surface area contributed by atoms with Gasteiger partial charge in [-0.2, -0.15) is 0 Å². The van der Waals surface area contributed by atoms with E-state index in [-0.39, 0.29) is 19.1 Å². The third-order valence-electron chi connectivity index (χ3n) is 10.7. The number of phosphoric ester groups is 1. The smallest absolute Gasteiger partial charge is 0.387 e. The number of phosphoric acid groups is 1. The molecule has 0 saturated heterocycles. The molecule has 0 heterocycles. The van der Waals surface area contributed by atoms with Crippen LogP contribution in [0.25, 0.3) is 0 Å². The van der Waals surface area contributed by atoms with Crippen LogP contribution in [0.2, 0.25) is 0 Å². The molecule has 1 amide bonds. The first-order chi connectivity index (χ1) is 27.0. The zero-order chi connectivity index (χ0) is 41.4. The second-order valence-corrected chi connectivity index (χ2v) is 18.9. The van der Waals surface area contributed by atoms with Crippen molar-refractivity contribution in [3.63, 3.8) is 0 Å². The number of nitrogens with one attached hydrogen (secondary N) is 1. The van der Waals surface area contributed by atoms with Gasteiger partial charge in [-0.1, -0.05) is 205 Å². The summed E-state index contributed by atoms with van der Waals surface area (Å²) >= 11 is 0. The Morgan fingerprint density at radius 1 is 0.589 bits per heavy atom. The summed E-state index contributed by atoms with van der Waals surface area (Å²) in [5.41, 5.74) is 0. The first kappa shape index (κ1) is 55.0. The molecule has 8 nitrogen and oxygen atoms in total. The molecule has 1 unspecified atom stereocenters. The number of hydrogen-bond acceptors (Lipinski definition) is 5. The maximum absolute atomic E-state index is 12.9. The molecule has 0 fully saturated rings. The average molecular weight is 814 g/mol. The zero-order valence-electron chi connectivity index (χ0n) is 37.6. The summed E-state index contributed by atoms with van der Waals surface area (Å²) < 4.78 is 23.6. The SMILES string of the molecule is CCCCCCCCCCC/C=C/CC/C=C/[C@@H](O)[C@H](COP(=O)(O)OCC[N+](C)(C)C)NC(=O)CCCCCCCCCCCCCCCCCCCCC. The first-order valence-electron chi connectivity index (χ1n) is 23.7. The van der Waals surface area contributed by atoms with Crippen LogP contribution in [0.1, 0.15) is 219 Å². The summed E-state index contributed by atoms with van der Waals surface area (Å²) in [6.07, 6.45) is 46.8. The molecule has 0 aliphatic carbocycles. The molecule has 0 aromatic rings. The lowest BCUT2D eigenvalue weighted by atomic mass is 10.0. The largest absolute Gasteiger partial charge is 0.472 e. The molecule has 0 saturated carbocycles. The Morgan fingerprint density at radius 2 is 0.982 bits per heavy atom. The standard InChI is InChI=1S/C47H93N2O6P/c1-6-8-10-12-14-16-18-20-22-23-24-25-27-29-31-33-35-37-39-41-47(51)48-45(44-55-56(52,53)54-43-42-49(3,4)5)46(50)40-38-36-34-32-30-28-26-21-19-17-15-13-11-9-7-2/h30,32,38,40,45-46,50H,6-29,31,33-37,39,41-44H2,1-5H3,(H-,48,51,52,53)/p+1/b32-30+,40-38+/t45-,46+/m0/s1. The van der Waals surface area contributed by atoms with E-state index >= 15 is 0 Å². The minimum Gasteiger partial charge on any atom is -0.387 e. The van der Waals surface area contributed by atoms with E-state index in [4.69, 9.17) is 9.05 Å². The molecule has 0 bridgehead atoms. The number of nitrogens with zero attached hydrogens (tertiary/aromatic N) is 1. The van der Waals surface area contributed by atoms with Crippen LogP contribution in [0.5, 0.6) is 0 Å². The van der Waals surface area contributed by atoms with Crippen molar-refractivity contribution in [2.45, 2.75) is 231 Å². The predicted molar refractivity (Wildman–Crippen MR) is 240 cm³/mol. The quantitative estimate of drug-likeness (QED) is 0.0245. The highest BCUT2D eigenvalue weighted by Gasteiger charge is 2.27. The van der Waals surface area contributed by atoms with Gasteiger partial charge in [-0.05, 0) is 32.1 Å². The average Bonchev–Trinajstić information content (AvgIpc) is 3.15. The molecular formula is C47H94N2O6P+. The molecule has 0 aliphatic heterocycles. The maximum Gasteiger partial charge on any atom is 0.472 e. The van der Waals surface area contributed by atoms with Crippen molar-refractivity contribution in [2.24, 2.45) is 0 Å². The fraction of sp³-hybridized carbons (Fsp3) is 0.894. The Labute approximate surface area is 347 Å². The Balaban J connectivity index is 4.37. The predicted octanol–water partition coefficient (Wildman–Crippen LogP) is 13.3. The molecular weight excluding hydrogens is 719 g/mol. The van der Waals surface area contributed by atoms with Gasteiger partial charge in [-0.3, -0.25) is 13.8 Å². The van der Waals surface area contributed by atoms with Gasteiger partial charge < -0.3 is 19.8 Å². The van der Waals surface area contributed by atoms with Crippen molar-refractivity contribution in [3.8, 4) is 0 Å². The number of unbranched alkanes of at least 4 members (excludes halogenated alkanes) is 28. The first-order valence-corrected chi connectivity index (χ1v) is 25.2. The summed E-state index contributed by atoms with van der Waals surface area (Å²) in [6, 6.07) is -0.858. The van der Waals surface area contributed by atoms with Crippen LogP contribution >= 0.6 is 7.82 Å². The van der Waals surface area contributed by atoms with Gasteiger partial charge >= 0.3 is 7.82 Å². The normalized spacial score (nSPS) is 14.5. The molecule has 56 heavy (non-hydrogen) atoms. The van der Waals surface area contributed by atoms with Crippen molar-refractivity contribution in [3.05, 3.63) is 24.3 Å². The molecule has 0 radical (unpaired) electrons. The highest BCUT2D eigenvalue weighted by atomic mass is 31.2. The monoisotopic (exact) mass is 814 g/mol. The second kappa shape index (κ2) is 39.4. The number of aliphatic hydroxyl groups excluding tert-OH is 1. The van der Waals surface area contributed by atoms with Crippen LogP contribution in [-0.4, -0.2) is 73.4 Å². The second-order valence-electron chi connectivity index (χ2n) is 17.5. The number of carbonyl (C=O) groups is 1. The summed E-state index contributed by atoms with van der Waals surface area (Å²) in [7, 11) is 1.56. The Kier molecular flexibility index (Phi) is 38.7. The van der Waals surface area contributed by atoms with E-state index in [9.17, 15) is 19.4 Å². The van der Waals surface area contributed by atoms with Crippen molar-refractivity contribution in [2.75, 3.05) is 40.9 Å². The molecule has 0 spiro atoms. The third-order valence-corrected chi connectivity index (χ3v) is 11.7. The molecule has 9 heteroatoms. The van der Waals surface area contributed by atoms with E-state index in [0.29, 0.717) is 17.4 Å². The van der Waals surface area contributed by atoms with E-state index in [2.05, 4.69) is 31.3 Å². The van der Waals surface area contributed by atoms with E-state index in [1.54, 1.807) is 6.08 Å². The highest BCUT2D eigenvalue weighted by molar-refractivity contribution is 7.47. The van der Waals surface area contributed by atoms with Gasteiger partial charge in [0.15, 0.2) is 0 Å². The van der Waals surface area contributed by atoms with Crippen LogP contribution in [0.3, 0.4) is 0 Å². The summed E-state index contributed by atoms with van der Waals surface area (Å²) in [4.78, 5) is 23.1. The topological polar surface area (TPSA) is 105 Å². The van der Waals surface area contributed by atoms with Gasteiger partial charge in [-0.25, -0.2) is 4.57 Å². The summed E-state index contributed by atoms with van der Waals surface area (Å²) in [6.45, 7) is 4.81. The van der Waals surface area contributed by atoms with Gasteiger partial charge in [0.2, 0.25) is 5.91 Å². The van der Waals surface area contributed by atoms with Crippen LogP contribution in [0, 0.1) is 0 Å². The third kappa shape index (κ3) is 41.2. The number of carbonyl (C=O) groups excluding carboxylic acids is 1. The maximum atomic E-state index is 12.9. The van der Waals surface area contributed by atoms with Crippen molar-refractivity contribution in [1.29, 1.82) is 0 Å². The number of aliphatic hydroxyl groups is 1. The van der Waals surface area contributed by atoms with E-state index in [1.807, 2.05) is 27.2 Å². The van der Waals surface area contributed by atoms with Gasteiger partial charge in [-0.15, -0.1) is 0 Å². The van der Waals surface area contributed by atoms with Gasteiger partial charge in [0.1, 0.15) is 13.2 Å². The highest BCUT2D eigenvalue weighted by Crippen LogP contribution is 2.43. The fourth-order valence-corrected chi connectivity index (χ4v) is 7.62. The van der Waals surface area contributed by atoms with Gasteiger partial charge in [0.05, 0.1) is 39.9 Å². The van der Waals surface area contributed by atoms with Crippen molar-refractivity contribution >= 4 is 13.7 Å². The Bertz CT molecular complexity index is 969. The molecule has 0 aliphatic rings. The van der Waals surface area contributed by atoms with Crippen LogP contribution in [0.15, 0.2) is 24.3 Å². The van der Waals surface area contributed by atoms with E-state index in [0.717, 1.165) is 38.5 Å². The lowest BCUT2D eigenvalue weighted by molar-refractivity contribution is -0.870. The molecule has 3 N–H and O–H groups in total. The van der Waals surface area contributed by atoms with Crippen LogP contribution in [-0.2, 0) is 18.4 Å². The van der Waals surface area contributed by atoms with Crippen LogP contribution in [0.4, 0.5) is 0 Å². The molecule has 3 atom stereocenters. The molecule has 0 aromatic carbocycles. The fourth-order valence-electron chi connectivity index (χ4n) is 6.88. The number of amides is 1. The van der Waals surface area contributed by atoms with Crippen molar-refractivity contribution < 1.29 is 32.9 Å². The number of quaternary nitrogens is 1. The molecule has 0 aromatic heterocycles. The molecule has 0 rings (SSSR count). The van der Waals surface area contributed by atoms with Crippen molar-refractivity contribution in [1.82, 2.24) is 5.32 Å². The lowest BCUT2D eigenvalue weighted by Crippen LogP contribution is -2.45. The van der Waals surface area contributed by atoms with Crippen LogP contribution < -0.4 is 5.32 Å². The number of hydrogen-bond donors (Lipinski definition) is 3. The molecule has 332 valence electrons. The van der Waals surface area contributed by atoms with E-state index < -0.39 is 20.0 Å². The summed E-state index contributed by atoms with van der Waals surface area (Å²) in [5.74, 6) is -0.184. The summed E-state index contributed by atoms with van der Waals surface area (Å²) in [5, 5.41) is 13.8. The minimum atomic E-state index is -4.34. The number of rotatable bonds is 43. The lowest BCUT2D eigenvalue weighted by Gasteiger charge is -2.25. The Hall–Kier alpha value is -1.02. The van der Waals surface area contributed by atoms with Gasteiger partial charge in [0.25, 0.3) is 0 Å². The zero-order valence-corrected chi connectivity index (χ0v) is 38.5. The Morgan fingerprint density at radius 3 is 1.43 bits per heavy atom.